The molecule has 0 aromatic rings. The standard InChI is InChI=1S/C28H50N6O11/c1-7-15(6)22(34-25(41)18(10-21(37)38)30-23(39)16(29)11-35)27(43)33-20(12-36)26(42)31-17(8-13(2)3)24(40)32-19(28(44)45)9-14(4)5/h13-20,22,35-36H,7-12,29H2,1-6H3,(H,30,39)(H,31,42)(H,32,40)(H,33,43)(H,34,41)(H,37,38)(H,44,45)/t15-,16-,17-,18-,19-,20-,22-/m0/s1. The van der Waals surface area contributed by atoms with Gasteiger partial charge < -0.3 is 52.7 Å². The van der Waals surface area contributed by atoms with Gasteiger partial charge in [-0.1, -0.05) is 48.0 Å². The van der Waals surface area contributed by atoms with Crippen LogP contribution in [0.5, 0.6) is 0 Å². The molecule has 0 saturated carbocycles. The van der Waals surface area contributed by atoms with Gasteiger partial charge in [0, 0.05) is 0 Å². The molecule has 0 aromatic heterocycles. The lowest BCUT2D eigenvalue weighted by molar-refractivity contribution is -0.143. The number of carboxylic acid groups (broad SMARTS) is 2. The zero-order valence-corrected chi connectivity index (χ0v) is 26.7. The van der Waals surface area contributed by atoms with E-state index in [0.29, 0.717) is 6.42 Å². The average molecular weight is 647 g/mol. The molecule has 17 heteroatoms. The number of hydrogen-bond acceptors (Lipinski definition) is 10. The van der Waals surface area contributed by atoms with Gasteiger partial charge in [-0.25, -0.2) is 4.79 Å². The van der Waals surface area contributed by atoms with Crippen molar-refractivity contribution in [2.24, 2.45) is 23.5 Å². The van der Waals surface area contributed by atoms with Gasteiger partial charge >= 0.3 is 11.9 Å². The fourth-order valence-electron chi connectivity index (χ4n) is 4.10. The van der Waals surface area contributed by atoms with Crippen LogP contribution in [0, 0.1) is 17.8 Å². The molecule has 0 aliphatic heterocycles. The SMILES string of the molecule is CC[C@H](C)[C@H](NC(=O)[C@H](CC(=O)O)NC(=O)[C@@H](N)CO)C(=O)N[C@@H](CO)C(=O)N[C@@H](CC(C)C)C(=O)N[C@@H](CC(C)C)C(=O)O. The number of nitrogens with two attached hydrogens (primary N) is 1. The average Bonchev–Trinajstić information content (AvgIpc) is 2.95. The van der Waals surface area contributed by atoms with Crippen LogP contribution in [0.3, 0.4) is 0 Å². The minimum atomic E-state index is -1.66. The number of aliphatic hydroxyl groups excluding tert-OH is 2. The van der Waals surface area contributed by atoms with E-state index in [9.17, 15) is 48.9 Å². The van der Waals surface area contributed by atoms with Crippen LogP contribution in [0.1, 0.15) is 67.2 Å². The molecule has 45 heavy (non-hydrogen) atoms. The summed E-state index contributed by atoms with van der Waals surface area (Å²) in [6, 6.07) is -8.44. The fourth-order valence-corrected chi connectivity index (χ4v) is 4.10. The van der Waals surface area contributed by atoms with Crippen molar-refractivity contribution in [1.82, 2.24) is 26.6 Å². The highest BCUT2D eigenvalue weighted by atomic mass is 16.4. The van der Waals surface area contributed by atoms with E-state index in [-0.39, 0.29) is 24.7 Å². The minimum absolute atomic E-state index is 0.0498. The Morgan fingerprint density at radius 2 is 1.04 bits per heavy atom. The maximum absolute atomic E-state index is 13.3. The Labute approximate surface area is 262 Å². The van der Waals surface area contributed by atoms with Crippen LogP contribution in [-0.4, -0.2) is 111 Å². The quantitative estimate of drug-likeness (QED) is 0.0615. The largest absolute Gasteiger partial charge is 0.481 e. The molecule has 0 aliphatic carbocycles. The van der Waals surface area contributed by atoms with E-state index in [1.807, 2.05) is 0 Å². The summed E-state index contributed by atoms with van der Waals surface area (Å²) in [4.78, 5) is 87.5. The lowest BCUT2D eigenvalue weighted by Gasteiger charge is -2.29. The summed E-state index contributed by atoms with van der Waals surface area (Å²) in [6.45, 7) is 8.73. The molecule has 0 saturated heterocycles. The first-order valence-corrected chi connectivity index (χ1v) is 14.8. The zero-order chi connectivity index (χ0) is 35.0. The molecular weight excluding hydrogens is 596 g/mol. The predicted molar refractivity (Wildman–Crippen MR) is 160 cm³/mol. The van der Waals surface area contributed by atoms with Crippen LogP contribution in [0.4, 0.5) is 0 Å². The molecule has 0 unspecified atom stereocenters. The van der Waals surface area contributed by atoms with E-state index in [4.69, 9.17) is 10.8 Å². The van der Waals surface area contributed by atoms with Crippen molar-refractivity contribution in [3.8, 4) is 0 Å². The van der Waals surface area contributed by atoms with Crippen LogP contribution < -0.4 is 32.3 Å². The third-order valence-corrected chi connectivity index (χ3v) is 6.82. The highest BCUT2D eigenvalue weighted by Crippen LogP contribution is 2.11. The van der Waals surface area contributed by atoms with Crippen LogP contribution in [0.15, 0.2) is 0 Å². The third-order valence-electron chi connectivity index (χ3n) is 6.82. The van der Waals surface area contributed by atoms with Gasteiger partial charge in [0.05, 0.1) is 19.6 Å². The number of carbonyl (C=O) groups excluding carboxylic acids is 5. The summed E-state index contributed by atoms with van der Waals surface area (Å²) in [5, 5.41) is 49.4. The molecular formula is C28H50N6O11. The van der Waals surface area contributed by atoms with Gasteiger partial charge in [0.2, 0.25) is 29.5 Å². The molecule has 0 heterocycles. The molecule has 0 bridgehead atoms. The number of carboxylic acids is 2. The molecule has 0 radical (unpaired) electrons. The summed E-state index contributed by atoms with van der Waals surface area (Å²) >= 11 is 0. The number of carbonyl (C=O) groups is 7. The van der Waals surface area contributed by atoms with Crippen molar-refractivity contribution in [2.45, 2.75) is 103 Å². The Kier molecular flexibility index (Phi) is 18.5. The molecule has 258 valence electrons. The van der Waals surface area contributed by atoms with Crippen molar-refractivity contribution >= 4 is 41.5 Å². The molecule has 0 aromatic carbocycles. The van der Waals surface area contributed by atoms with Gasteiger partial charge in [0.25, 0.3) is 0 Å². The van der Waals surface area contributed by atoms with Crippen LogP contribution in [-0.2, 0) is 33.6 Å². The smallest absolute Gasteiger partial charge is 0.326 e. The summed E-state index contributed by atoms with van der Waals surface area (Å²) in [6.07, 6.45) is -0.282. The molecule has 17 nitrogen and oxygen atoms in total. The summed E-state index contributed by atoms with van der Waals surface area (Å²) in [5.74, 6) is -8.13. The van der Waals surface area contributed by atoms with Crippen LogP contribution >= 0.6 is 0 Å². The molecule has 0 spiro atoms. The van der Waals surface area contributed by atoms with E-state index in [1.54, 1.807) is 41.5 Å². The topological polar surface area (TPSA) is 287 Å². The third kappa shape index (κ3) is 15.1. The monoisotopic (exact) mass is 646 g/mol. The molecule has 5 amide bonds. The van der Waals surface area contributed by atoms with E-state index in [0.717, 1.165) is 0 Å². The first-order valence-electron chi connectivity index (χ1n) is 14.8. The summed E-state index contributed by atoms with van der Waals surface area (Å²) < 4.78 is 0. The van der Waals surface area contributed by atoms with Crippen molar-refractivity contribution in [3.63, 3.8) is 0 Å². The highest BCUT2D eigenvalue weighted by molar-refractivity contribution is 5.97. The normalized spacial score (nSPS) is 15.9. The van der Waals surface area contributed by atoms with Crippen molar-refractivity contribution in [1.29, 1.82) is 0 Å². The van der Waals surface area contributed by atoms with Crippen molar-refractivity contribution < 1.29 is 54.0 Å². The maximum Gasteiger partial charge on any atom is 0.326 e. The first-order chi connectivity index (χ1) is 20.9. The Morgan fingerprint density at radius 1 is 0.600 bits per heavy atom. The molecule has 11 N–H and O–H groups in total. The Morgan fingerprint density at radius 3 is 1.49 bits per heavy atom. The van der Waals surface area contributed by atoms with Gasteiger partial charge in [-0.05, 0) is 30.6 Å². The van der Waals surface area contributed by atoms with Gasteiger partial charge in [-0.15, -0.1) is 0 Å². The van der Waals surface area contributed by atoms with Crippen molar-refractivity contribution in [2.75, 3.05) is 13.2 Å². The van der Waals surface area contributed by atoms with Gasteiger partial charge in [0.15, 0.2) is 0 Å². The minimum Gasteiger partial charge on any atom is -0.481 e. The second-order valence-corrected chi connectivity index (χ2v) is 11.8. The second kappa shape index (κ2) is 20.2. The second-order valence-electron chi connectivity index (χ2n) is 11.8. The van der Waals surface area contributed by atoms with Gasteiger partial charge in [-0.3, -0.25) is 28.8 Å². The van der Waals surface area contributed by atoms with Crippen LogP contribution in [0.2, 0.25) is 0 Å². The van der Waals surface area contributed by atoms with E-state index in [1.165, 1.54) is 0 Å². The van der Waals surface area contributed by atoms with Gasteiger partial charge in [0.1, 0.15) is 36.3 Å². The van der Waals surface area contributed by atoms with Crippen molar-refractivity contribution in [3.05, 3.63) is 0 Å². The number of rotatable bonds is 21. The Bertz CT molecular complexity index is 1040. The summed E-state index contributed by atoms with van der Waals surface area (Å²) in [5.41, 5.74) is 5.43. The van der Waals surface area contributed by atoms with Gasteiger partial charge in [-0.2, -0.15) is 0 Å². The predicted octanol–water partition coefficient (Wildman–Crippen LogP) is -2.58. The van der Waals surface area contributed by atoms with E-state index in [2.05, 4.69) is 26.6 Å². The number of nitrogens with one attached hydrogen (secondary N) is 5. The highest BCUT2D eigenvalue weighted by Gasteiger charge is 2.35. The molecule has 7 atom stereocenters. The van der Waals surface area contributed by atoms with E-state index >= 15 is 0 Å². The maximum atomic E-state index is 13.3. The Balaban J connectivity index is 5.90. The lowest BCUT2D eigenvalue weighted by Crippen LogP contribution is -2.61. The Hall–Kier alpha value is -3.83. The van der Waals surface area contributed by atoms with E-state index < -0.39 is 103 Å². The molecule has 0 fully saturated rings. The zero-order valence-electron chi connectivity index (χ0n) is 26.7. The number of aliphatic hydroxyl groups is 2. The number of hydrogen-bond donors (Lipinski definition) is 10. The fraction of sp³-hybridized carbons (Fsp3) is 0.750. The number of aliphatic carboxylic acids is 2. The number of amides is 5. The molecule has 0 aliphatic rings. The van der Waals surface area contributed by atoms with Crippen LogP contribution in [0.25, 0.3) is 0 Å². The lowest BCUT2D eigenvalue weighted by atomic mass is 9.97. The summed E-state index contributed by atoms with van der Waals surface area (Å²) in [7, 11) is 0. The molecule has 0 rings (SSSR count). The first kappa shape index (κ1) is 41.2.